The number of imidazole rings is 2. The van der Waals surface area contributed by atoms with Crippen molar-refractivity contribution < 1.29 is 23.1 Å². The molecular weight excluding hydrogens is 557 g/mol. The number of aliphatic hydroxyl groups is 1. The van der Waals surface area contributed by atoms with Gasteiger partial charge in [0.15, 0.2) is 11.5 Å². The Hall–Kier alpha value is -4.04. The third-order valence-electron chi connectivity index (χ3n) is 7.74. The van der Waals surface area contributed by atoms with Crippen LogP contribution >= 0.6 is 11.3 Å². The summed E-state index contributed by atoms with van der Waals surface area (Å²) >= 11 is 0.578. The van der Waals surface area contributed by atoms with Gasteiger partial charge in [-0.1, -0.05) is 17.4 Å². The Morgan fingerprint density at radius 3 is 2.76 bits per heavy atom. The van der Waals surface area contributed by atoms with Crippen LogP contribution in [0.15, 0.2) is 42.9 Å². The van der Waals surface area contributed by atoms with E-state index in [9.17, 15) is 23.1 Å². The number of fused-ring (bicyclic) bond motifs is 2. The number of pyridine rings is 1. The van der Waals surface area contributed by atoms with Crippen molar-refractivity contribution in [2.24, 2.45) is 0 Å². The van der Waals surface area contributed by atoms with Gasteiger partial charge in [-0.15, -0.1) is 0 Å². The lowest BCUT2D eigenvalue weighted by Gasteiger charge is -2.40. The molecule has 2 N–H and O–H groups in total. The molecule has 10 nitrogen and oxygen atoms in total. The van der Waals surface area contributed by atoms with Crippen LogP contribution in [-0.2, 0) is 23.1 Å². The minimum Gasteiger partial charge on any atom is -0.385 e. The third kappa shape index (κ3) is 4.60. The lowest BCUT2D eigenvalue weighted by atomic mass is 10.1. The first-order valence-corrected chi connectivity index (χ1v) is 14.0. The highest BCUT2D eigenvalue weighted by Crippen LogP contribution is 2.46. The highest BCUT2D eigenvalue weighted by Gasteiger charge is 2.42. The second-order valence-corrected chi connectivity index (χ2v) is 11.6. The number of H-pyrrole nitrogens is 1. The molecule has 2 fully saturated rings. The molecule has 1 aliphatic carbocycles. The summed E-state index contributed by atoms with van der Waals surface area (Å²) in [5.41, 5.74) is 2.52. The van der Waals surface area contributed by atoms with E-state index < -0.39 is 16.8 Å². The predicted molar refractivity (Wildman–Crippen MR) is 146 cm³/mol. The summed E-state index contributed by atoms with van der Waals surface area (Å²) in [4.78, 5) is 37.1. The van der Waals surface area contributed by atoms with Gasteiger partial charge in [-0.05, 0) is 49.6 Å². The monoisotopic (exact) mass is 582 g/mol. The van der Waals surface area contributed by atoms with Gasteiger partial charge in [0.2, 0.25) is 10.9 Å². The summed E-state index contributed by atoms with van der Waals surface area (Å²) in [6, 6.07) is 8.69. The van der Waals surface area contributed by atoms with Crippen LogP contribution < -0.4 is 4.90 Å². The largest absolute Gasteiger partial charge is 0.443 e. The van der Waals surface area contributed by atoms with Gasteiger partial charge in [-0.3, -0.25) is 4.79 Å². The summed E-state index contributed by atoms with van der Waals surface area (Å²) in [6.45, 7) is 2.95. The Balaban J connectivity index is 1.15. The van der Waals surface area contributed by atoms with Crippen LogP contribution in [0, 0.1) is 0 Å². The van der Waals surface area contributed by atoms with Crippen molar-refractivity contribution in [1.29, 1.82) is 0 Å². The highest BCUT2D eigenvalue weighted by atomic mass is 32.1. The van der Waals surface area contributed by atoms with E-state index in [4.69, 9.17) is 0 Å². The normalized spacial score (nSPS) is 18.9. The summed E-state index contributed by atoms with van der Waals surface area (Å²) in [6.07, 6.45) is -0.0462. The fourth-order valence-electron chi connectivity index (χ4n) is 5.38. The lowest BCUT2D eigenvalue weighted by molar-refractivity contribution is -0.137. The molecule has 0 unspecified atom stereocenters. The number of carbonyl (C=O) groups is 1. The molecule has 2 aliphatic rings. The number of nitrogens with zero attached hydrogens (tertiary/aromatic N) is 7. The van der Waals surface area contributed by atoms with Crippen LogP contribution in [0.4, 0.5) is 18.2 Å². The molecule has 7 rings (SSSR count). The van der Waals surface area contributed by atoms with Gasteiger partial charge in [0, 0.05) is 31.9 Å². The summed E-state index contributed by atoms with van der Waals surface area (Å²) in [5.74, 6) is 0.111. The van der Waals surface area contributed by atoms with Gasteiger partial charge >= 0.3 is 6.18 Å². The molecule has 41 heavy (non-hydrogen) atoms. The number of thiazole rings is 1. The quantitative estimate of drug-likeness (QED) is 0.320. The Kier molecular flexibility index (Phi) is 5.84. The maximum Gasteiger partial charge on any atom is 0.443 e. The van der Waals surface area contributed by atoms with Crippen LogP contribution in [0.2, 0.25) is 0 Å². The number of amides is 1. The van der Waals surface area contributed by atoms with Crippen molar-refractivity contribution in [3.05, 3.63) is 53.4 Å². The van der Waals surface area contributed by atoms with Crippen molar-refractivity contribution in [3.63, 3.8) is 0 Å². The number of carbonyl (C=O) groups excluding carboxylic acids is 1. The third-order valence-corrected chi connectivity index (χ3v) is 8.90. The average molecular weight is 583 g/mol. The first-order valence-electron chi connectivity index (χ1n) is 13.2. The number of aromatic nitrogens is 6. The zero-order chi connectivity index (χ0) is 28.5. The highest BCUT2D eigenvalue weighted by molar-refractivity contribution is 7.16. The van der Waals surface area contributed by atoms with Crippen molar-refractivity contribution in [2.45, 2.75) is 44.1 Å². The number of aromatic amines is 1. The van der Waals surface area contributed by atoms with Crippen LogP contribution in [0.1, 0.15) is 30.3 Å². The molecule has 0 spiro atoms. The average Bonchev–Trinajstić information content (AvgIpc) is 3.29. The minimum absolute atomic E-state index is 0.0674. The second-order valence-electron chi connectivity index (χ2n) is 10.6. The van der Waals surface area contributed by atoms with E-state index >= 15 is 0 Å². The van der Waals surface area contributed by atoms with E-state index in [1.54, 1.807) is 46.3 Å². The number of rotatable bonds is 5. The molecule has 1 aliphatic heterocycles. The first-order chi connectivity index (χ1) is 19.6. The topological polar surface area (TPSA) is 116 Å². The molecule has 14 heteroatoms. The summed E-state index contributed by atoms with van der Waals surface area (Å²) in [5, 5.41) is 9.87. The van der Waals surface area contributed by atoms with Crippen LogP contribution in [0.25, 0.3) is 33.7 Å². The molecule has 212 valence electrons. The van der Waals surface area contributed by atoms with Gasteiger partial charge in [-0.25, -0.2) is 19.9 Å². The van der Waals surface area contributed by atoms with Gasteiger partial charge in [0.25, 0.3) is 0 Å². The maximum absolute atomic E-state index is 13.8. The molecule has 0 radical (unpaired) electrons. The number of benzene rings is 1. The van der Waals surface area contributed by atoms with Crippen molar-refractivity contribution in [3.8, 4) is 11.5 Å². The minimum atomic E-state index is -4.61. The van der Waals surface area contributed by atoms with E-state index in [1.165, 1.54) is 0 Å². The van der Waals surface area contributed by atoms with Gasteiger partial charge in [0.05, 0.1) is 23.0 Å². The van der Waals surface area contributed by atoms with Crippen molar-refractivity contribution in [2.75, 3.05) is 24.5 Å². The fraction of sp³-hybridized carbons (Fsp3) is 0.370. The molecule has 1 saturated carbocycles. The molecule has 1 amide bonds. The lowest BCUT2D eigenvalue weighted by Crippen LogP contribution is -2.54. The Bertz CT molecular complexity index is 1790. The standard InChI is InChI=1S/C27H25F3N8O2S/c1-15-12-36(9-10-38(15)20(39)13-37-14-32-18-3-2-8-31-23(18)37)24-21(35-25(41-24)27(28,29)30)22-33-17-5-4-16(11-19(17)34-22)26(40)6-7-26/h2-5,8,11,14-15,40H,6-7,9-10,12-13H2,1H3,(H,33,34)/t15-/m1/s1. The van der Waals surface area contributed by atoms with Gasteiger partial charge in [0.1, 0.15) is 22.8 Å². The SMILES string of the molecule is C[C@@H]1CN(c2sc(C(F)(F)F)nc2-c2nc3cc(C4(O)CC4)ccc3[nH]2)CCN1C(=O)Cn1cnc2cccnc21. The number of nitrogens with one attached hydrogen (secondary N) is 1. The molecule has 1 aromatic carbocycles. The number of hydrogen-bond acceptors (Lipinski definition) is 8. The number of alkyl halides is 3. The number of halogens is 3. The van der Waals surface area contributed by atoms with Crippen LogP contribution in [0.5, 0.6) is 0 Å². The number of hydrogen-bond donors (Lipinski definition) is 2. The Labute approximate surface area is 235 Å². The van der Waals surface area contributed by atoms with Crippen molar-refractivity contribution >= 4 is 44.4 Å². The molecule has 4 aromatic heterocycles. The summed E-state index contributed by atoms with van der Waals surface area (Å²) in [7, 11) is 0. The van der Waals surface area contributed by atoms with E-state index in [0.29, 0.717) is 71.0 Å². The fourth-order valence-corrected chi connectivity index (χ4v) is 6.35. The van der Waals surface area contributed by atoms with Gasteiger partial charge in [-0.2, -0.15) is 13.2 Å². The molecular formula is C27H25F3N8O2S. The molecule has 0 bridgehead atoms. The number of anilines is 1. The van der Waals surface area contributed by atoms with Crippen LogP contribution in [-0.4, -0.2) is 71.1 Å². The van der Waals surface area contributed by atoms with Crippen molar-refractivity contribution in [1.82, 2.24) is 34.4 Å². The predicted octanol–water partition coefficient (Wildman–Crippen LogP) is 4.17. The zero-order valence-electron chi connectivity index (χ0n) is 21.9. The zero-order valence-corrected chi connectivity index (χ0v) is 22.7. The molecule has 5 heterocycles. The molecule has 5 aromatic rings. The first kappa shape index (κ1) is 25.9. The number of piperazine rings is 1. The Morgan fingerprint density at radius 1 is 1.17 bits per heavy atom. The molecule has 1 atom stereocenters. The Morgan fingerprint density at radius 2 is 2.00 bits per heavy atom. The van der Waals surface area contributed by atoms with Gasteiger partial charge < -0.3 is 24.5 Å². The van der Waals surface area contributed by atoms with E-state index in [-0.39, 0.29) is 30.0 Å². The second kappa shape index (κ2) is 9.24. The van der Waals surface area contributed by atoms with E-state index in [1.807, 2.05) is 17.9 Å². The van der Waals surface area contributed by atoms with Crippen LogP contribution in [0.3, 0.4) is 0 Å². The van der Waals surface area contributed by atoms with E-state index in [0.717, 1.165) is 5.56 Å². The summed E-state index contributed by atoms with van der Waals surface area (Å²) < 4.78 is 43.1. The smallest absolute Gasteiger partial charge is 0.385 e. The molecule has 1 saturated heterocycles. The van der Waals surface area contributed by atoms with E-state index in [2.05, 4.69) is 24.9 Å². The maximum atomic E-state index is 13.8.